The summed E-state index contributed by atoms with van der Waals surface area (Å²) in [7, 11) is 0. The van der Waals surface area contributed by atoms with Crippen LogP contribution in [0.1, 0.15) is 0 Å². The van der Waals surface area contributed by atoms with Crippen molar-refractivity contribution in [2.24, 2.45) is 13.5 Å². The number of hydrogen-bond donors (Lipinski definition) is 0. The van der Waals surface area contributed by atoms with Gasteiger partial charge in [-0.3, -0.25) is 0 Å². The van der Waals surface area contributed by atoms with E-state index in [9.17, 15) is 0 Å². The van der Waals surface area contributed by atoms with Crippen molar-refractivity contribution in [3.63, 3.8) is 0 Å². The van der Waals surface area contributed by atoms with Crippen LogP contribution >= 0.6 is 54.1 Å². The van der Waals surface area contributed by atoms with E-state index in [0.29, 0.717) is 32.2 Å². The third kappa shape index (κ3) is 8.10. The minimum atomic E-state index is -3.32. The number of para-hydroxylation sites is 1. The molecule has 29 heavy (non-hydrogen) atoms. The van der Waals surface area contributed by atoms with E-state index in [0.717, 1.165) is 0 Å². The Labute approximate surface area is 184 Å². The highest BCUT2D eigenvalue weighted by atomic mass is 35.7. The smallest absolute Gasteiger partial charge is 0.352 e. The summed E-state index contributed by atoms with van der Waals surface area (Å²) in [6, 6.07) is 8.91. The van der Waals surface area contributed by atoms with Crippen molar-refractivity contribution in [2.45, 2.75) is 0 Å². The fourth-order valence-corrected chi connectivity index (χ4v) is 15.5. The monoisotopic (exact) mass is 525 g/mol. The van der Waals surface area contributed by atoms with Crippen molar-refractivity contribution in [1.82, 2.24) is 0 Å². The summed E-state index contributed by atoms with van der Waals surface area (Å²) >= 11 is 19.8. The van der Waals surface area contributed by atoms with Gasteiger partial charge in [0.25, 0.3) is 0 Å². The third-order valence-corrected chi connectivity index (χ3v) is 14.5. The quantitative estimate of drug-likeness (QED) is 0.397. The fraction of sp³-hybridized carbons (Fsp3) is 0.571. The molecular formula is C14H21Cl3N3O6P3. The van der Waals surface area contributed by atoms with E-state index in [1.165, 1.54) is 0 Å². The lowest BCUT2D eigenvalue weighted by molar-refractivity contribution is 0.00575. The van der Waals surface area contributed by atoms with Gasteiger partial charge in [-0.05, 0) is 45.9 Å². The van der Waals surface area contributed by atoms with Crippen molar-refractivity contribution in [2.75, 3.05) is 52.9 Å². The summed E-state index contributed by atoms with van der Waals surface area (Å²) in [6.07, 6.45) is 0. The average molecular weight is 527 g/mol. The van der Waals surface area contributed by atoms with Crippen LogP contribution in [0.4, 0.5) is 0 Å². The molecule has 2 aliphatic rings. The zero-order chi connectivity index (χ0) is 20.6. The first-order valence-corrected chi connectivity index (χ1v) is 16.2. The number of fused-ring (bicyclic) bond motifs is 1. The predicted octanol–water partition coefficient (Wildman–Crippen LogP) is 6.73. The molecule has 164 valence electrons. The van der Waals surface area contributed by atoms with Gasteiger partial charge in [0, 0.05) is 0 Å². The summed E-state index contributed by atoms with van der Waals surface area (Å²) in [4.78, 5) is 0. The van der Waals surface area contributed by atoms with Gasteiger partial charge in [-0.15, -0.1) is 0 Å². The zero-order valence-corrected chi connectivity index (χ0v) is 20.3. The molecule has 1 aromatic rings. The highest BCUT2D eigenvalue weighted by Crippen LogP contribution is 2.83. The molecule has 9 nitrogen and oxygen atoms in total. The van der Waals surface area contributed by atoms with E-state index in [-0.39, 0.29) is 26.4 Å². The van der Waals surface area contributed by atoms with Crippen LogP contribution in [-0.4, -0.2) is 52.9 Å². The highest BCUT2D eigenvalue weighted by molar-refractivity contribution is 8.05. The molecule has 0 N–H and O–H groups in total. The third-order valence-electron chi connectivity index (χ3n) is 3.34. The van der Waals surface area contributed by atoms with E-state index in [2.05, 4.69) is 13.5 Å². The molecule has 2 heterocycles. The van der Waals surface area contributed by atoms with Crippen molar-refractivity contribution < 1.29 is 27.8 Å². The molecule has 0 aromatic heterocycles. The van der Waals surface area contributed by atoms with Crippen molar-refractivity contribution in [3.05, 3.63) is 30.3 Å². The summed E-state index contributed by atoms with van der Waals surface area (Å²) in [5.41, 5.74) is 0. The van der Waals surface area contributed by atoms with Gasteiger partial charge in [-0.2, -0.15) is 13.5 Å². The molecular weight excluding hydrogens is 505 g/mol. The SMILES string of the molecule is ClP12=NP(Cl)(=NP(Cl)(Oc3ccccc3)=N1)OCCOCCOCCOCCO2. The first-order valence-electron chi connectivity index (χ1n) is 8.68. The van der Waals surface area contributed by atoms with Crippen LogP contribution in [-0.2, 0) is 23.3 Å². The lowest BCUT2D eigenvalue weighted by atomic mass is 10.3. The predicted molar refractivity (Wildman–Crippen MR) is 117 cm³/mol. The van der Waals surface area contributed by atoms with E-state index < -0.39 is 20.4 Å². The van der Waals surface area contributed by atoms with Crippen LogP contribution in [0.3, 0.4) is 0 Å². The molecule has 0 saturated carbocycles. The minimum Gasteiger partial charge on any atom is -0.431 e. The Morgan fingerprint density at radius 2 is 1.14 bits per heavy atom. The van der Waals surface area contributed by atoms with Crippen LogP contribution in [0.2, 0.25) is 0 Å². The molecule has 3 atom stereocenters. The maximum absolute atomic E-state index is 6.63. The van der Waals surface area contributed by atoms with Crippen LogP contribution in [0, 0.1) is 0 Å². The van der Waals surface area contributed by atoms with Crippen LogP contribution < -0.4 is 4.52 Å². The summed E-state index contributed by atoms with van der Waals surface area (Å²) in [5, 5.41) is 0. The van der Waals surface area contributed by atoms with Crippen LogP contribution in [0.25, 0.3) is 0 Å². The topological polar surface area (TPSA) is 92.5 Å². The number of rotatable bonds is 2. The molecule has 2 bridgehead atoms. The van der Waals surface area contributed by atoms with Crippen molar-refractivity contribution >= 4 is 54.1 Å². The second kappa shape index (κ2) is 11.3. The molecule has 0 aliphatic carbocycles. The lowest BCUT2D eigenvalue weighted by Crippen LogP contribution is -2.13. The van der Waals surface area contributed by atoms with Crippen LogP contribution in [0.5, 0.6) is 5.75 Å². The van der Waals surface area contributed by atoms with Gasteiger partial charge in [0.05, 0.1) is 52.9 Å². The fourth-order valence-electron chi connectivity index (χ4n) is 2.18. The molecule has 0 amide bonds. The normalized spacial score (nSPS) is 34.9. The maximum Gasteiger partial charge on any atom is 0.352 e. The minimum absolute atomic E-state index is 0.145. The standard InChI is InChI=1S/C14H21Cl3N3O6P3/c15-27-18-28(16,20-29(17,19-27)26-14-4-2-1-3-5-14)25-13-11-23-9-7-21-6-8-22-10-12-24-27/h1-5H,6-13H2. The second-order valence-electron chi connectivity index (χ2n) is 5.60. The van der Waals surface area contributed by atoms with Gasteiger partial charge in [-0.25, -0.2) is 0 Å². The summed E-state index contributed by atoms with van der Waals surface area (Å²) < 4.78 is 46.5. The maximum atomic E-state index is 6.63. The number of ether oxygens (including phenoxy) is 3. The molecule has 3 rings (SSSR count). The molecule has 0 saturated heterocycles. The molecule has 0 radical (unpaired) electrons. The Balaban J connectivity index is 1.86. The second-order valence-corrected chi connectivity index (χ2v) is 15.2. The average Bonchev–Trinajstić information content (AvgIpc) is 2.64. The first-order chi connectivity index (χ1) is 13.9. The van der Waals surface area contributed by atoms with Gasteiger partial charge in [0.1, 0.15) is 5.75 Å². The van der Waals surface area contributed by atoms with E-state index in [1.54, 1.807) is 24.3 Å². The molecule has 15 heteroatoms. The Kier molecular flexibility index (Phi) is 9.37. The van der Waals surface area contributed by atoms with E-state index in [1.807, 2.05) is 6.07 Å². The van der Waals surface area contributed by atoms with Gasteiger partial charge in [0.15, 0.2) is 0 Å². The van der Waals surface area contributed by atoms with E-state index >= 15 is 0 Å². The Hall–Kier alpha value is 0.380. The molecule has 0 spiro atoms. The molecule has 3 unspecified atom stereocenters. The Morgan fingerprint density at radius 3 is 1.69 bits per heavy atom. The number of benzene rings is 1. The van der Waals surface area contributed by atoms with Gasteiger partial charge < -0.3 is 27.8 Å². The highest BCUT2D eigenvalue weighted by Gasteiger charge is 2.38. The lowest BCUT2D eigenvalue weighted by Gasteiger charge is -2.26. The van der Waals surface area contributed by atoms with Gasteiger partial charge in [-0.1, -0.05) is 18.2 Å². The zero-order valence-electron chi connectivity index (χ0n) is 15.3. The number of hydrogen-bond acceptors (Lipinski definition) is 9. The summed E-state index contributed by atoms with van der Waals surface area (Å²) in [6.45, 7) is -7.29. The summed E-state index contributed by atoms with van der Waals surface area (Å²) in [5.74, 6) is 0.477. The largest absolute Gasteiger partial charge is 0.431 e. The first kappa shape index (κ1) is 24.0. The number of nitrogens with zero attached hydrogens (tertiary/aromatic N) is 3. The van der Waals surface area contributed by atoms with Gasteiger partial charge in [0.2, 0.25) is 0 Å². The Morgan fingerprint density at radius 1 is 0.655 bits per heavy atom. The molecule has 0 fully saturated rings. The molecule has 1 aromatic carbocycles. The van der Waals surface area contributed by atoms with Gasteiger partial charge >= 0.3 is 20.4 Å². The van der Waals surface area contributed by atoms with Crippen LogP contribution in [0.15, 0.2) is 43.9 Å². The van der Waals surface area contributed by atoms with E-state index in [4.69, 9.17) is 61.5 Å². The molecule has 2 aliphatic heterocycles. The van der Waals surface area contributed by atoms with Crippen molar-refractivity contribution in [3.8, 4) is 5.75 Å². The van der Waals surface area contributed by atoms with Crippen molar-refractivity contribution in [1.29, 1.82) is 0 Å². The Bertz CT molecular complexity index is 825. The number of halogens is 3.